The number of piperidine rings is 1. The van der Waals surface area contributed by atoms with Crippen molar-refractivity contribution in [1.29, 1.82) is 0 Å². The van der Waals surface area contributed by atoms with E-state index in [4.69, 9.17) is 4.74 Å². The first-order chi connectivity index (χ1) is 12.5. The Kier molecular flexibility index (Phi) is 8.49. The average Bonchev–Trinajstić information content (AvgIpc) is 2.67. The number of nitrogens with zero attached hydrogens (tertiary/aromatic N) is 3. The van der Waals surface area contributed by atoms with Crippen LogP contribution in [0.3, 0.4) is 0 Å². The van der Waals surface area contributed by atoms with E-state index >= 15 is 0 Å². The summed E-state index contributed by atoms with van der Waals surface area (Å²) < 4.78 is 31.2. The maximum atomic E-state index is 12.4. The molecule has 0 aliphatic carbocycles. The van der Waals surface area contributed by atoms with E-state index in [1.54, 1.807) is 16.1 Å². The smallest absolute Gasteiger partial charge is 0.308 e. The van der Waals surface area contributed by atoms with Gasteiger partial charge in [-0.2, -0.15) is 11.8 Å². The number of ether oxygens (including phenoxy) is 1. The number of carbonyl (C=O) groups excluding carboxylic acids is 1. The van der Waals surface area contributed by atoms with Crippen LogP contribution in [0.5, 0.6) is 0 Å². The topological polar surface area (TPSA) is 91.3 Å². The summed E-state index contributed by atoms with van der Waals surface area (Å²) in [7, 11) is -1.82. The van der Waals surface area contributed by atoms with Crippen molar-refractivity contribution in [3.05, 3.63) is 0 Å². The van der Waals surface area contributed by atoms with Crippen molar-refractivity contribution in [1.82, 2.24) is 14.5 Å². The molecule has 8 nitrogen and oxygen atoms in total. The highest BCUT2D eigenvalue weighted by Crippen LogP contribution is 2.18. The van der Waals surface area contributed by atoms with Crippen molar-refractivity contribution in [2.45, 2.75) is 19.8 Å². The molecule has 0 amide bonds. The van der Waals surface area contributed by atoms with Crippen LogP contribution in [0.15, 0.2) is 4.99 Å². The Bertz CT molecular complexity index is 583. The predicted molar refractivity (Wildman–Crippen MR) is 105 cm³/mol. The lowest BCUT2D eigenvalue weighted by Gasteiger charge is -2.33. The van der Waals surface area contributed by atoms with Gasteiger partial charge < -0.3 is 15.0 Å². The van der Waals surface area contributed by atoms with Crippen molar-refractivity contribution in [3.8, 4) is 0 Å². The van der Waals surface area contributed by atoms with E-state index in [1.165, 1.54) is 7.11 Å². The SMILES string of the molecule is CCNC(=NCCS(=O)(=O)N1CCSCC1)N1CCC(C(=O)OC)CC1. The molecule has 2 heterocycles. The number of rotatable bonds is 6. The summed E-state index contributed by atoms with van der Waals surface area (Å²) in [5.41, 5.74) is 0. The van der Waals surface area contributed by atoms with Gasteiger partial charge in [-0.3, -0.25) is 9.79 Å². The number of sulfonamides is 1. The molecule has 2 aliphatic heterocycles. The van der Waals surface area contributed by atoms with Gasteiger partial charge in [-0.25, -0.2) is 12.7 Å². The van der Waals surface area contributed by atoms with Crippen LogP contribution in [0.4, 0.5) is 0 Å². The molecule has 26 heavy (non-hydrogen) atoms. The van der Waals surface area contributed by atoms with Crippen LogP contribution in [0.25, 0.3) is 0 Å². The number of hydrogen-bond donors (Lipinski definition) is 1. The molecule has 10 heteroatoms. The monoisotopic (exact) mass is 406 g/mol. The Morgan fingerprint density at radius 3 is 2.46 bits per heavy atom. The first kappa shape index (κ1) is 21.3. The van der Waals surface area contributed by atoms with Crippen molar-refractivity contribution in [2.75, 3.05) is 63.6 Å². The van der Waals surface area contributed by atoms with Crippen LogP contribution >= 0.6 is 11.8 Å². The maximum Gasteiger partial charge on any atom is 0.308 e. The van der Waals surface area contributed by atoms with Crippen molar-refractivity contribution in [2.24, 2.45) is 10.9 Å². The third-order valence-corrected chi connectivity index (χ3v) is 7.43. The standard InChI is InChI=1S/C16H30N4O4S2/c1-3-17-16(19-7-4-14(5-8-19)15(21)24-2)18-6-13-26(22,23)20-9-11-25-12-10-20/h14H,3-13H2,1-2H3,(H,17,18). The summed E-state index contributed by atoms with van der Waals surface area (Å²) in [6.45, 7) is 5.55. The number of guanidine groups is 1. The van der Waals surface area contributed by atoms with Gasteiger partial charge in [0.15, 0.2) is 5.96 Å². The summed E-state index contributed by atoms with van der Waals surface area (Å²) in [5, 5.41) is 3.22. The van der Waals surface area contributed by atoms with Gasteiger partial charge in [-0.1, -0.05) is 0 Å². The molecule has 0 radical (unpaired) electrons. The van der Waals surface area contributed by atoms with Crippen molar-refractivity contribution in [3.63, 3.8) is 0 Å². The minimum Gasteiger partial charge on any atom is -0.469 e. The summed E-state index contributed by atoms with van der Waals surface area (Å²) in [6, 6.07) is 0. The highest BCUT2D eigenvalue weighted by atomic mass is 32.2. The quantitative estimate of drug-likeness (QED) is 0.383. The number of esters is 1. The third kappa shape index (κ3) is 6.02. The van der Waals surface area contributed by atoms with Gasteiger partial charge in [0.25, 0.3) is 0 Å². The molecular weight excluding hydrogens is 376 g/mol. The molecule has 0 aromatic rings. The number of hydrogen-bond acceptors (Lipinski definition) is 6. The number of aliphatic imine (C=N–C) groups is 1. The van der Waals surface area contributed by atoms with Crippen LogP contribution in [0.2, 0.25) is 0 Å². The van der Waals surface area contributed by atoms with Crippen LogP contribution < -0.4 is 5.32 Å². The lowest BCUT2D eigenvalue weighted by atomic mass is 9.97. The fourth-order valence-electron chi connectivity index (χ4n) is 3.14. The molecule has 2 rings (SSSR count). The van der Waals surface area contributed by atoms with Crippen LogP contribution in [-0.2, 0) is 19.6 Å². The van der Waals surface area contributed by atoms with Crippen LogP contribution in [0, 0.1) is 5.92 Å². The van der Waals surface area contributed by atoms with Crippen LogP contribution in [0.1, 0.15) is 19.8 Å². The number of thioether (sulfide) groups is 1. The normalized spacial score (nSPS) is 20.8. The Labute approximate surface area is 160 Å². The van der Waals surface area contributed by atoms with Gasteiger partial charge in [-0.05, 0) is 19.8 Å². The van der Waals surface area contributed by atoms with E-state index in [0.717, 1.165) is 30.3 Å². The number of likely N-dealkylation sites (tertiary alicyclic amines) is 1. The van der Waals surface area contributed by atoms with E-state index in [2.05, 4.69) is 15.2 Å². The lowest BCUT2D eigenvalue weighted by molar-refractivity contribution is -0.146. The first-order valence-electron chi connectivity index (χ1n) is 9.14. The van der Waals surface area contributed by atoms with Gasteiger partial charge in [0.05, 0.1) is 25.3 Å². The maximum absolute atomic E-state index is 12.4. The highest BCUT2D eigenvalue weighted by molar-refractivity contribution is 7.99. The highest BCUT2D eigenvalue weighted by Gasteiger charge is 2.27. The third-order valence-electron chi connectivity index (χ3n) is 4.64. The molecule has 0 aromatic heterocycles. The van der Waals surface area contributed by atoms with Gasteiger partial charge >= 0.3 is 5.97 Å². The summed E-state index contributed by atoms with van der Waals surface area (Å²) >= 11 is 1.79. The molecule has 0 spiro atoms. The molecule has 0 unspecified atom stereocenters. The second kappa shape index (κ2) is 10.4. The van der Waals surface area contributed by atoms with E-state index in [9.17, 15) is 13.2 Å². The summed E-state index contributed by atoms with van der Waals surface area (Å²) in [6.07, 6.45) is 1.45. The van der Waals surface area contributed by atoms with E-state index in [0.29, 0.717) is 32.7 Å². The average molecular weight is 407 g/mol. The number of carbonyl (C=O) groups is 1. The molecule has 0 bridgehead atoms. The van der Waals surface area contributed by atoms with E-state index in [1.807, 2.05) is 6.92 Å². The van der Waals surface area contributed by atoms with Crippen molar-refractivity contribution >= 4 is 33.7 Å². The largest absolute Gasteiger partial charge is 0.469 e. The molecule has 0 aromatic carbocycles. The lowest BCUT2D eigenvalue weighted by Crippen LogP contribution is -2.47. The molecule has 0 atom stereocenters. The summed E-state index contributed by atoms with van der Waals surface area (Å²) in [5.74, 6) is 2.26. The predicted octanol–water partition coefficient (Wildman–Crippen LogP) is 0.216. The van der Waals surface area contributed by atoms with Crippen molar-refractivity contribution < 1.29 is 17.9 Å². The molecule has 2 fully saturated rings. The van der Waals surface area contributed by atoms with Gasteiger partial charge in [-0.15, -0.1) is 0 Å². The Morgan fingerprint density at radius 2 is 1.88 bits per heavy atom. The second-order valence-corrected chi connectivity index (χ2v) is 9.66. The minimum atomic E-state index is -3.24. The van der Waals surface area contributed by atoms with Crippen LogP contribution in [-0.4, -0.2) is 93.2 Å². The summed E-state index contributed by atoms with van der Waals surface area (Å²) in [4.78, 5) is 18.2. The fourth-order valence-corrected chi connectivity index (χ4v) is 5.59. The molecular formula is C16H30N4O4S2. The zero-order valence-corrected chi connectivity index (χ0v) is 17.3. The van der Waals surface area contributed by atoms with Gasteiger partial charge in [0, 0.05) is 44.2 Å². The van der Waals surface area contributed by atoms with E-state index < -0.39 is 10.0 Å². The van der Waals surface area contributed by atoms with Gasteiger partial charge in [0.1, 0.15) is 0 Å². The van der Waals surface area contributed by atoms with E-state index in [-0.39, 0.29) is 24.2 Å². The zero-order chi connectivity index (χ0) is 19.0. The Morgan fingerprint density at radius 1 is 1.23 bits per heavy atom. The first-order valence-corrected chi connectivity index (χ1v) is 11.9. The number of nitrogens with one attached hydrogen (secondary N) is 1. The van der Waals surface area contributed by atoms with Gasteiger partial charge in [0.2, 0.25) is 10.0 Å². The molecule has 2 saturated heterocycles. The molecule has 2 aliphatic rings. The number of methoxy groups -OCH3 is 1. The fraction of sp³-hybridized carbons (Fsp3) is 0.875. The zero-order valence-electron chi connectivity index (χ0n) is 15.6. The molecule has 150 valence electrons. The minimum absolute atomic E-state index is 0.0329. The Hall–Kier alpha value is -1.00. The Balaban J connectivity index is 1.89. The molecule has 1 N–H and O–H groups in total. The molecule has 0 saturated carbocycles. The second-order valence-electron chi connectivity index (χ2n) is 6.35.